The minimum atomic E-state index is -3.48. The molecule has 0 saturated carbocycles. The molecule has 1 aliphatic rings. The van der Waals surface area contributed by atoms with Crippen LogP contribution < -0.4 is 0 Å². The van der Waals surface area contributed by atoms with Crippen LogP contribution >= 0.6 is 15.9 Å². The van der Waals surface area contributed by atoms with E-state index in [1.807, 2.05) is 0 Å². The highest BCUT2D eigenvalue weighted by Gasteiger charge is 2.22. The van der Waals surface area contributed by atoms with Gasteiger partial charge in [-0.3, -0.25) is 0 Å². The van der Waals surface area contributed by atoms with Crippen LogP contribution in [0.3, 0.4) is 0 Å². The fourth-order valence-corrected chi connectivity index (χ4v) is 3.94. The summed E-state index contributed by atoms with van der Waals surface area (Å²) < 4.78 is 30.2. The molecule has 1 saturated heterocycles. The van der Waals surface area contributed by atoms with Gasteiger partial charge in [0.1, 0.15) is 0 Å². The van der Waals surface area contributed by atoms with Crippen molar-refractivity contribution in [1.82, 2.24) is 0 Å². The molecule has 7 heteroatoms. The Bertz CT molecular complexity index is 605. The molecule has 0 aliphatic carbocycles. The SMILES string of the molecule is O=C(O)c1cc(S(=O)(=O)CCC2CCCO2)ccc1Br. The van der Waals surface area contributed by atoms with E-state index in [-0.39, 0.29) is 22.3 Å². The van der Waals surface area contributed by atoms with E-state index in [0.29, 0.717) is 17.5 Å². The highest BCUT2D eigenvalue weighted by molar-refractivity contribution is 9.10. The molecule has 1 aromatic carbocycles. The van der Waals surface area contributed by atoms with E-state index in [1.54, 1.807) is 0 Å². The van der Waals surface area contributed by atoms with Gasteiger partial charge < -0.3 is 9.84 Å². The minimum Gasteiger partial charge on any atom is -0.478 e. The summed E-state index contributed by atoms with van der Waals surface area (Å²) >= 11 is 3.09. The molecule has 110 valence electrons. The number of ether oxygens (including phenoxy) is 1. The van der Waals surface area contributed by atoms with Crippen LogP contribution in [0.25, 0.3) is 0 Å². The molecule has 20 heavy (non-hydrogen) atoms. The minimum absolute atomic E-state index is 0.000771. The summed E-state index contributed by atoms with van der Waals surface area (Å²) in [6.45, 7) is 0.687. The average molecular weight is 363 g/mol. The van der Waals surface area contributed by atoms with Gasteiger partial charge in [0.05, 0.1) is 22.3 Å². The lowest BCUT2D eigenvalue weighted by Crippen LogP contribution is -2.15. The van der Waals surface area contributed by atoms with Crippen molar-refractivity contribution in [3.05, 3.63) is 28.2 Å². The largest absolute Gasteiger partial charge is 0.478 e. The molecule has 1 aromatic rings. The predicted molar refractivity (Wildman–Crippen MR) is 76.7 cm³/mol. The Hall–Kier alpha value is -0.920. The molecule has 2 rings (SSSR count). The molecule has 1 atom stereocenters. The third kappa shape index (κ3) is 3.59. The number of hydrogen-bond acceptors (Lipinski definition) is 4. The maximum atomic E-state index is 12.2. The molecular weight excluding hydrogens is 348 g/mol. The fraction of sp³-hybridized carbons (Fsp3) is 0.462. The third-order valence-electron chi connectivity index (χ3n) is 3.26. The van der Waals surface area contributed by atoms with Crippen molar-refractivity contribution in [1.29, 1.82) is 0 Å². The number of aromatic carboxylic acids is 1. The molecule has 1 fully saturated rings. The Morgan fingerprint density at radius 1 is 1.45 bits per heavy atom. The van der Waals surface area contributed by atoms with Gasteiger partial charge >= 0.3 is 5.97 Å². The van der Waals surface area contributed by atoms with Crippen LogP contribution in [0.4, 0.5) is 0 Å². The second-order valence-corrected chi connectivity index (χ2v) is 7.65. The van der Waals surface area contributed by atoms with Gasteiger partial charge in [-0.25, -0.2) is 13.2 Å². The Morgan fingerprint density at radius 3 is 2.80 bits per heavy atom. The van der Waals surface area contributed by atoms with Gasteiger partial charge in [0.15, 0.2) is 9.84 Å². The number of hydrogen-bond donors (Lipinski definition) is 1. The van der Waals surface area contributed by atoms with Crippen LogP contribution in [0.5, 0.6) is 0 Å². The van der Waals surface area contributed by atoms with Crippen molar-refractivity contribution in [2.24, 2.45) is 0 Å². The molecule has 0 aromatic heterocycles. The maximum Gasteiger partial charge on any atom is 0.336 e. The topological polar surface area (TPSA) is 80.7 Å². The van der Waals surface area contributed by atoms with Crippen molar-refractivity contribution in [3.8, 4) is 0 Å². The number of carbonyl (C=O) groups is 1. The quantitative estimate of drug-likeness (QED) is 0.869. The normalized spacial score (nSPS) is 19.1. The number of carboxylic acid groups (broad SMARTS) is 1. The Labute approximate surface area is 126 Å². The van der Waals surface area contributed by atoms with Gasteiger partial charge in [-0.05, 0) is 53.4 Å². The molecule has 1 aliphatic heterocycles. The molecule has 0 amide bonds. The van der Waals surface area contributed by atoms with E-state index < -0.39 is 15.8 Å². The smallest absolute Gasteiger partial charge is 0.336 e. The summed E-state index contributed by atoms with van der Waals surface area (Å²) in [5.74, 6) is -1.19. The lowest BCUT2D eigenvalue weighted by Gasteiger charge is -2.10. The van der Waals surface area contributed by atoms with Crippen molar-refractivity contribution in [2.75, 3.05) is 12.4 Å². The highest BCUT2D eigenvalue weighted by atomic mass is 79.9. The van der Waals surface area contributed by atoms with Crippen molar-refractivity contribution >= 4 is 31.7 Å². The summed E-state index contributed by atoms with van der Waals surface area (Å²) in [5, 5.41) is 9.01. The van der Waals surface area contributed by atoms with E-state index in [0.717, 1.165) is 12.8 Å². The van der Waals surface area contributed by atoms with Crippen molar-refractivity contribution in [2.45, 2.75) is 30.3 Å². The van der Waals surface area contributed by atoms with Crippen LogP contribution in [0.2, 0.25) is 0 Å². The van der Waals surface area contributed by atoms with Crippen LogP contribution in [-0.4, -0.2) is 38.0 Å². The first-order chi connectivity index (χ1) is 9.40. The van der Waals surface area contributed by atoms with E-state index in [9.17, 15) is 13.2 Å². The van der Waals surface area contributed by atoms with Gasteiger partial charge in [-0.2, -0.15) is 0 Å². The van der Waals surface area contributed by atoms with E-state index in [1.165, 1.54) is 18.2 Å². The number of carboxylic acids is 1. The summed E-state index contributed by atoms with van der Waals surface area (Å²) in [5.41, 5.74) is -0.0526. The van der Waals surface area contributed by atoms with Crippen molar-refractivity contribution in [3.63, 3.8) is 0 Å². The monoisotopic (exact) mass is 362 g/mol. The van der Waals surface area contributed by atoms with E-state index >= 15 is 0 Å². The molecule has 1 heterocycles. The first-order valence-corrected chi connectivity index (χ1v) is 8.72. The Kier molecular flexibility index (Phi) is 4.82. The van der Waals surface area contributed by atoms with Crippen LogP contribution in [0.15, 0.2) is 27.6 Å². The van der Waals surface area contributed by atoms with E-state index in [4.69, 9.17) is 9.84 Å². The maximum absolute atomic E-state index is 12.2. The van der Waals surface area contributed by atoms with Crippen LogP contribution in [0, 0.1) is 0 Å². The van der Waals surface area contributed by atoms with Gasteiger partial charge in [0.2, 0.25) is 0 Å². The third-order valence-corrected chi connectivity index (χ3v) is 5.70. The number of benzene rings is 1. The summed E-state index contributed by atoms with van der Waals surface area (Å²) in [7, 11) is -3.48. The lowest BCUT2D eigenvalue weighted by molar-refractivity contribution is 0.0695. The first kappa shape index (κ1) is 15.5. The average Bonchev–Trinajstić information content (AvgIpc) is 2.89. The van der Waals surface area contributed by atoms with Crippen molar-refractivity contribution < 1.29 is 23.1 Å². The molecule has 0 bridgehead atoms. The lowest BCUT2D eigenvalue weighted by atomic mass is 10.2. The van der Waals surface area contributed by atoms with Crippen LogP contribution in [0.1, 0.15) is 29.6 Å². The zero-order chi connectivity index (χ0) is 14.8. The zero-order valence-electron chi connectivity index (χ0n) is 10.7. The molecule has 1 N–H and O–H groups in total. The van der Waals surface area contributed by atoms with E-state index in [2.05, 4.69) is 15.9 Å². The predicted octanol–water partition coefficient (Wildman–Crippen LogP) is 2.49. The van der Waals surface area contributed by atoms with Gasteiger partial charge in [-0.1, -0.05) is 0 Å². The number of rotatable bonds is 5. The second kappa shape index (κ2) is 6.24. The summed E-state index contributed by atoms with van der Waals surface area (Å²) in [6, 6.07) is 4.06. The molecule has 0 spiro atoms. The van der Waals surface area contributed by atoms with Crippen LogP contribution in [-0.2, 0) is 14.6 Å². The Morgan fingerprint density at radius 2 is 2.20 bits per heavy atom. The molecule has 0 radical (unpaired) electrons. The highest BCUT2D eigenvalue weighted by Crippen LogP contribution is 2.23. The summed E-state index contributed by atoms with van der Waals surface area (Å²) in [6.07, 6.45) is 2.29. The number of sulfone groups is 1. The number of halogens is 1. The fourth-order valence-electron chi connectivity index (χ4n) is 2.14. The standard InChI is InChI=1S/C13H15BrO5S/c14-12-4-3-10(8-11(12)13(15)16)20(17,18)7-5-9-2-1-6-19-9/h3-4,8-9H,1-2,5-7H2,(H,15,16). The van der Waals surface area contributed by atoms with Gasteiger partial charge in [0.25, 0.3) is 0 Å². The first-order valence-electron chi connectivity index (χ1n) is 6.27. The Balaban J connectivity index is 2.16. The zero-order valence-corrected chi connectivity index (χ0v) is 13.1. The molecule has 1 unspecified atom stereocenters. The molecular formula is C13H15BrO5S. The second-order valence-electron chi connectivity index (χ2n) is 4.69. The molecule has 5 nitrogen and oxygen atoms in total. The summed E-state index contributed by atoms with van der Waals surface area (Å²) in [4.78, 5) is 11.1. The van der Waals surface area contributed by atoms with Gasteiger partial charge in [0, 0.05) is 11.1 Å². The van der Waals surface area contributed by atoms with Gasteiger partial charge in [-0.15, -0.1) is 0 Å².